The Morgan fingerprint density at radius 1 is 1.14 bits per heavy atom. The maximum atomic E-state index is 12.3. The number of anilines is 1. The lowest BCUT2D eigenvalue weighted by atomic mass is 10.1. The lowest BCUT2D eigenvalue weighted by molar-refractivity contribution is 0.102. The molecular weight excluding hydrogens is 262 g/mol. The molecule has 0 unspecified atom stereocenters. The van der Waals surface area contributed by atoms with Gasteiger partial charge in [0.1, 0.15) is 0 Å². The number of hydrogen-bond acceptors (Lipinski definition) is 2. The van der Waals surface area contributed by atoms with Gasteiger partial charge in [0.25, 0.3) is 5.91 Å². The van der Waals surface area contributed by atoms with Gasteiger partial charge in [0.2, 0.25) is 0 Å². The van der Waals surface area contributed by atoms with Crippen molar-refractivity contribution in [3.8, 4) is 0 Å². The zero-order valence-corrected chi connectivity index (χ0v) is 12.3. The van der Waals surface area contributed by atoms with E-state index >= 15 is 0 Å². The Bertz CT molecular complexity index is 819. The van der Waals surface area contributed by atoms with Crippen LogP contribution in [-0.2, 0) is 7.05 Å². The Hall–Kier alpha value is -2.62. The largest absolute Gasteiger partial charge is 0.348 e. The first-order valence-corrected chi connectivity index (χ1v) is 6.85. The molecular formula is C17H17N3O. The lowest BCUT2D eigenvalue weighted by Crippen LogP contribution is -2.11. The van der Waals surface area contributed by atoms with Gasteiger partial charge in [-0.2, -0.15) is 0 Å². The number of fused-ring (bicyclic) bond motifs is 1. The van der Waals surface area contributed by atoms with Crippen molar-refractivity contribution in [1.29, 1.82) is 0 Å². The van der Waals surface area contributed by atoms with Crippen LogP contribution in [0.3, 0.4) is 0 Å². The molecule has 2 aromatic heterocycles. The van der Waals surface area contributed by atoms with Gasteiger partial charge in [-0.25, -0.2) is 0 Å². The van der Waals surface area contributed by atoms with Gasteiger partial charge in [-0.15, -0.1) is 0 Å². The minimum Gasteiger partial charge on any atom is -0.348 e. The topological polar surface area (TPSA) is 46.9 Å². The third-order valence-corrected chi connectivity index (χ3v) is 4.01. The third-order valence-electron chi connectivity index (χ3n) is 4.01. The van der Waals surface area contributed by atoms with Gasteiger partial charge >= 0.3 is 0 Å². The molecule has 0 radical (unpaired) electrons. The number of aryl methyl sites for hydroxylation is 2. The Kier molecular flexibility index (Phi) is 3.22. The number of amides is 1. The van der Waals surface area contributed by atoms with Crippen molar-refractivity contribution < 1.29 is 4.79 Å². The molecule has 0 aliphatic rings. The molecule has 1 N–H and O–H groups in total. The first kappa shape index (κ1) is 13.4. The van der Waals surface area contributed by atoms with Crippen molar-refractivity contribution in [1.82, 2.24) is 9.55 Å². The highest BCUT2D eigenvalue weighted by atomic mass is 16.1. The summed E-state index contributed by atoms with van der Waals surface area (Å²) in [4.78, 5) is 16.3. The van der Waals surface area contributed by atoms with Crippen LogP contribution >= 0.6 is 0 Å². The van der Waals surface area contributed by atoms with Gasteiger partial charge in [-0.3, -0.25) is 9.78 Å². The summed E-state index contributed by atoms with van der Waals surface area (Å²) in [6, 6.07) is 9.35. The van der Waals surface area contributed by atoms with E-state index < -0.39 is 0 Å². The van der Waals surface area contributed by atoms with Crippen LogP contribution in [0.4, 0.5) is 5.69 Å². The molecule has 0 bridgehead atoms. The molecule has 0 fully saturated rings. The zero-order valence-electron chi connectivity index (χ0n) is 12.3. The summed E-state index contributed by atoms with van der Waals surface area (Å²) in [5.74, 6) is -0.107. The van der Waals surface area contributed by atoms with E-state index in [4.69, 9.17) is 0 Å². The van der Waals surface area contributed by atoms with Crippen LogP contribution in [0.5, 0.6) is 0 Å². The standard InChI is InChI=1S/C17H17N3O/c1-11-12(2)20(3)16-5-4-13(10-15(11)16)17(21)19-14-6-8-18-9-7-14/h4-10H,1-3H3,(H,18,19,21). The fourth-order valence-corrected chi connectivity index (χ4v) is 2.54. The second-order valence-corrected chi connectivity index (χ2v) is 5.19. The number of carbonyl (C=O) groups is 1. The SMILES string of the molecule is Cc1c(C)n(C)c2ccc(C(=O)Nc3ccncc3)cc12. The Labute approximate surface area is 123 Å². The first-order valence-electron chi connectivity index (χ1n) is 6.85. The highest BCUT2D eigenvalue weighted by Crippen LogP contribution is 2.25. The van der Waals surface area contributed by atoms with Crippen LogP contribution < -0.4 is 5.32 Å². The normalized spacial score (nSPS) is 10.8. The molecule has 0 spiro atoms. The number of nitrogens with zero attached hydrogens (tertiary/aromatic N) is 2. The number of carbonyl (C=O) groups excluding carboxylic acids is 1. The zero-order chi connectivity index (χ0) is 15.0. The summed E-state index contributed by atoms with van der Waals surface area (Å²) in [7, 11) is 2.04. The summed E-state index contributed by atoms with van der Waals surface area (Å²) in [6.07, 6.45) is 3.31. The van der Waals surface area contributed by atoms with Crippen molar-refractivity contribution >= 4 is 22.5 Å². The Morgan fingerprint density at radius 3 is 2.57 bits per heavy atom. The second kappa shape index (κ2) is 5.05. The number of benzene rings is 1. The number of hydrogen-bond donors (Lipinski definition) is 1. The van der Waals surface area contributed by atoms with Gasteiger partial charge in [0.05, 0.1) is 0 Å². The predicted molar refractivity (Wildman–Crippen MR) is 84.6 cm³/mol. The smallest absolute Gasteiger partial charge is 0.255 e. The van der Waals surface area contributed by atoms with Crippen LogP contribution in [0.1, 0.15) is 21.6 Å². The first-order chi connectivity index (χ1) is 10.1. The molecule has 0 atom stereocenters. The number of aromatic nitrogens is 2. The van der Waals surface area contributed by atoms with Crippen molar-refractivity contribution in [2.45, 2.75) is 13.8 Å². The number of nitrogens with one attached hydrogen (secondary N) is 1. The van der Waals surface area contributed by atoms with Crippen LogP contribution in [0.25, 0.3) is 10.9 Å². The lowest BCUT2D eigenvalue weighted by Gasteiger charge is -2.05. The highest BCUT2D eigenvalue weighted by molar-refractivity contribution is 6.06. The molecule has 0 aliphatic carbocycles. The van der Waals surface area contributed by atoms with E-state index in [1.807, 2.05) is 25.2 Å². The minimum absolute atomic E-state index is 0.107. The molecule has 0 aliphatic heterocycles. The molecule has 2 heterocycles. The second-order valence-electron chi connectivity index (χ2n) is 5.19. The van der Waals surface area contributed by atoms with E-state index in [0.717, 1.165) is 16.6 Å². The average molecular weight is 279 g/mol. The molecule has 4 nitrogen and oxygen atoms in total. The van der Waals surface area contributed by atoms with Crippen molar-refractivity contribution in [2.24, 2.45) is 7.05 Å². The molecule has 1 aromatic carbocycles. The fraction of sp³-hybridized carbons (Fsp3) is 0.176. The molecule has 106 valence electrons. The van der Waals surface area contributed by atoms with E-state index in [9.17, 15) is 4.79 Å². The third kappa shape index (κ3) is 2.29. The fourth-order valence-electron chi connectivity index (χ4n) is 2.54. The van der Waals surface area contributed by atoms with Crippen molar-refractivity contribution in [2.75, 3.05) is 5.32 Å². The van der Waals surface area contributed by atoms with E-state index in [1.165, 1.54) is 11.3 Å². The van der Waals surface area contributed by atoms with E-state index in [0.29, 0.717) is 5.56 Å². The van der Waals surface area contributed by atoms with E-state index in [-0.39, 0.29) is 5.91 Å². The molecule has 1 amide bonds. The Morgan fingerprint density at radius 2 is 1.86 bits per heavy atom. The summed E-state index contributed by atoms with van der Waals surface area (Å²) in [6.45, 7) is 4.17. The maximum absolute atomic E-state index is 12.3. The molecule has 0 saturated heterocycles. The van der Waals surface area contributed by atoms with Crippen molar-refractivity contribution in [3.63, 3.8) is 0 Å². The van der Waals surface area contributed by atoms with Crippen molar-refractivity contribution in [3.05, 3.63) is 59.5 Å². The van der Waals surface area contributed by atoms with Gasteiger partial charge < -0.3 is 9.88 Å². The molecule has 4 heteroatoms. The number of pyridine rings is 1. The summed E-state index contributed by atoms with van der Waals surface area (Å²) in [5, 5.41) is 4.00. The van der Waals surface area contributed by atoms with Gasteiger partial charge in [-0.1, -0.05) is 0 Å². The van der Waals surface area contributed by atoms with Gasteiger partial charge in [0.15, 0.2) is 0 Å². The van der Waals surface area contributed by atoms with Crippen LogP contribution in [0, 0.1) is 13.8 Å². The molecule has 0 saturated carbocycles. The quantitative estimate of drug-likeness (QED) is 0.781. The summed E-state index contributed by atoms with van der Waals surface area (Å²) in [5.41, 5.74) is 4.98. The van der Waals surface area contributed by atoms with E-state index in [1.54, 1.807) is 24.5 Å². The molecule has 3 aromatic rings. The van der Waals surface area contributed by atoms with Crippen LogP contribution in [-0.4, -0.2) is 15.5 Å². The van der Waals surface area contributed by atoms with E-state index in [2.05, 4.69) is 28.7 Å². The molecule has 21 heavy (non-hydrogen) atoms. The van der Waals surface area contributed by atoms with Gasteiger partial charge in [0, 0.05) is 47.3 Å². The minimum atomic E-state index is -0.107. The highest BCUT2D eigenvalue weighted by Gasteiger charge is 2.12. The molecule has 3 rings (SSSR count). The number of rotatable bonds is 2. The predicted octanol–water partition coefficient (Wildman–Crippen LogP) is 3.44. The Balaban J connectivity index is 1.98. The van der Waals surface area contributed by atoms with Gasteiger partial charge in [-0.05, 0) is 49.7 Å². The van der Waals surface area contributed by atoms with Crippen LogP contribution in [0.15, 0.2) is 42.7 Å². The summed E-state index contributed by atoms with van der Waals surface area (Å²) < 4.78 is 2.15. The average Bonchev–Trinajstić information content (AvgIpc) is 2.73. The maximum Gasteiger partial charge on any atom is 0.255 e. The monoisotopic (exact) mass is 279 g/mol. The summed E-state index contributed by atoms with van der Waals surface area (Å²) >= 11 is 0. The van der Waals surface area contributed by atoms with Crippen LogP contribution in [0.2, 0.25) is 0 Å².